The number of benzene rings is 2. The molecule has 1 fully saturated rings. The van der Waals surface area contributed by atoms with Gasteiger partial charge in [0, 0.05) is 31.9 Å². The Bertz CT molecular complexity index is 918. The average Bonchev–Trinajstić information content (AvgIpc) is 2.73. The van der Waals surface area contributed by atoms with Crippen LogP contribution in [0.25, 0.3) is 6.08 Å². The molecule has 1 amide bonds. The van der Waals surface area contributed by atoms with E-state index in [2.05, 4.69) is 17.0 Å². The van der Waals surface area contributed by atoms with Crippen LogP contribution in [0.3, 0.4) is 0 Å². The number of aryl methyl sites for hydroxylation is 2. The quantitative estimate of drug-likeness (QED) is 0.606. The van der Waals surface area contributed by atoms with Gasteiger partial charge in [0.1, 0.15) is 17.4 Å². The molecule has 1 saturated heterocycles. The van der Waals surface area contributed by atoms with Crippen LogP contribution in [0.15, 0.2) is 48.0 Å². The number of anilines is 1. The Hall–Kier alpha value is -3.26. The number of piperazine rings is 1. The molecule has 0 atom stereocenters. The van der Waals surface area contributed by atoms with Gasteiger partial charge >= 0.3 is 0 Å². The lowest BCUT2D eigenvalue weighted by Crippen LogP contribution is -2.49. The van der Waals surface area contributed by atoms with Gasteiger partial charge in [-0.3, -0.25) is 4.79 Å². The van der Waals surface area contributed by atoms with Crippen LogP contribution in [0.1, 0.15) is 16.7 Å². The first-order chi connectivity index (χ1) is 13.5. The van der Waals surface area contributed by atoms with Gasteiger partial charge < -0.3 is 14.5 Å². The summed E-state index contributed by atoms with van der Waals surface area (Å²) in [4.78, 5) is 16.8. The summed E-state index contributed by atoms with van der Waals surface area (Å²) in [5.41, 5.74) is 4.43. The van der Waals surface area contributed by atoms with E-state index in [1.807, 2.05) is 50.2 Å². The minimum Gasteiger partial charge on any atom is -0.497 e. The largest absolute Gasteiger partial charge is 0.497 e. The number of carbonyl (C=O) groups excluding carboxylic acids is 1. The second-order valence-electron chi connectivity index (χ2n) is 7.01. The summed E-state index contributed by atoms with van der Waals surface area (Å²) in [5.74, 6) is 0.629. The monoisotopic (exact) mass is 375 g/mol. The summed E-state index contributed by atoms with van der Waals surface area (Å²) in [6, 6.07) is 16.0. The lowest BCUT2D eigenvalue weighted by Gasteiger charge is -2.36. The molecule has 1 aliphatic rings. The Morgan fingerprint density at radius 3 is 2.32 bits per heavy atom. The van der Waals surface area contributed by atoms with E-state index in [4.69, 9.17) is 4.74 Å². The fraction of sp³-hybridized carbons (Fsp3) is 0.304. The molecule has 0 aliphatic carbocycles. The van der Waals surface area contributed by atoms with Crippen LogP contribution in [0.4, 0.5) is 5.69 Å². The van der Waals surface area contributed by atoms with Gasteiger partial charge in [0.15, 0.2) is 0 Å². The van der Waals surface area contributed by atoms with Crippen LogP contribution in [0.2, 0.25) is 0 Å². The van der Waals surface area contributed by atoms with E-state index < -0.39 is 0 Å². The van der Waals surface area contributed by atoms with Crippen molar-refractivity contribution in [2.75, 3.05) is 38.2 Å². The predicted molar refractivity (Wildman–Crippen MR) is 111 cm³/mol. The maximum Gasteiger partial charge on any atom is 0.264 e. The SMILES string of the molecule is COc1ccc(N2CCN(C(=O)/C(C#N)=C/c3ccc(C)cc3C)CC2)cc1. The van der Waals surface area contributed by atoms with Crippen molar-refractivity contribution in [3.8, 4) is 11.8 Å². The molecule has 0 radical (unpaired) electrons. The summed E-state index contributed by atoms with van der Waals surface area (Å²) >= 11 is 0. The van der Waals surface area contributed by atoms with Crippen LogP contribution in [0, 0.1) is 25.2 Å². The molecule has 1 aliphatic heterocycles. The Morgan fingerprint density at radius 2 is 1.75 bits per heavy atom. The van der Waals surface area contributed by atoms with Crippen molar-refractivity contribution in [3.05, 3.63) is 64.7 Å². The second kappa shape index (κ2) is 8.62. The Morgan fingerprint density at radius 1 is 1.07 bits per heavy atom. The molecule has 5 heteroatoms. The van der Waals surface area contributed by atoms with Gasteiger partial charge in [-0.25, -0.2) is 0 Å². The van der Waals surface area contributed by atoms with E-state index in [1.54, 1.807) is 18.1 Å². The molecule has 2 aromatic rings. The highest BCUT2D eigenvalue weighted by atomic mass is 16.5. The zero-order chi connectivity index (χ0) is 20.1. The summed E-state index contributed by atoms with van der Waals surface area (Å²) in [6.07, 6.45) is 1.70. The van der Waals surface area contributed by atoms with Crippen LogP contribution in [-0.4, -0.2) is 44.1 Å². The van der Waals surface area contributed by atoms with Gasteiger partial charge in [-0.05, 0) is 55.3 Å². The smallest absolute Gasteiger partial charge is 0.264 e. The molecule has 0 unspecified atom stereocenters. The van der Waals surface area contributed by atoms with Crippen molar-refractivity contribution in [2.45, 2.75) is 13.8 Å². The van der Waals surface area contributed by atoms with E-state index in [0.29, 0.717) is 13.1 Å². The molecule has 0 saturated carbocycles. The van der Waals surface area contributed by atoms with Crippen LogP contribution in [0.5, 0.6) is 5.75 Å². The van der Waals surface area contributed by atoms with E-state index in [9.17, 15) is 10.1 Å². The lowest BCUT2D eigenvalue weighted by atomic mass is 10.0. The average molecular weight is 375 g/mol. The van der Waals surface area contributed by atoms with E-state index in [-0.39, 0.29) is 11.5 Å². The molecule has 0 spiro atoms. The summed E-state index contributed by atoms with van der Waals surface area (Å²) in [7, 11) is 1.65. The molecule has 144 valence electrons. The normalized spacial score (nSPS) is 14.6. The van der Waals surface area contributed by atoms with Gasteiger partial charge in [-0.1, -0.05) is 23.8 Å². The highest BCUT2D eigenvalue weighted by Gasteiger charge is 2.24. The van der Waals surface area contributed by atoms with Gasteiger partial charge in [0.25, 0.3) is 5.91 Å². The Balaban J connectivity index is 1.67. The third kappa shape index (κ3) is 4.34. The summed E-state index contributed by atoms with van der Waals surface area (Å²) < 4.78 is 5.20. The summed E-state index contributed by atoms with van der Waals surface area (Å²) in [5, 5.41) is 9.53. The third-order valence-electron chi connectivity index (χ3n) is 5.08. The number of nitriles is 1. The molecule has 0 N–H and O–H groups in total. The Labute approximate surface area is 166 Å². The van der Waals surface area contributed by atoms with Gasteiger partial charge in [0.2, 0.25) is 0 Å². The first-order valence-corrected chi connectivity index (χ1v) is 9.39. The molecule has 3 rings (SSSR count). The third-order valence-corrected chi connectivity index (χ3v) is 5.08. The Kier molecular flexibility index (Phi) is 6.00. The molecule has 2 aromatic carbocycles. The topological polar surface area (TPSA) is 56.6 Å². The maximum absolute atomic E-state index is 12.8. The van der Waals surface area contributed by atoms with Gasteiger partial charge in [-0.2, -0.15) is 5.26 Å². The number of ether oxygens (including phenoxy) is 1. The number of rotatable bonds is 4. The number of methoxy groups -OCH3 is 1. The predicted octanol–water partition coefficient (Wildman–Crippen LogP) is 3.57. The minimum absolute atomic E-state index is 0.185. The first-order valence-electron chi connectivity index (χ1n) is 9.39. The van der Waals surface area contributed by atoms with E-state index in [1.165, 1.54) is 0 Å². The van der Waals surface area contributed by atoms with Crippen LogP contribution >= 0.6 is 0 Å². The highest BCUT2D eigenvalue weighted by molar-refractivity contribution is 6.02. The van der Waals surface area contributed by atoms with Crippen molar-refractivity contribution in [1.82, 2.24) is 4.90 Å². The fourth-order valence-corrected chi connectivity index (χ4v) is 3.42. The van der Waals surface area contributed by atoms with E-state index >= 15 is 0 Å². The number of hydrogen-bond donors (Lipinski definition) is 0. The molecule has 28 heavy (non-hydrogen) atoms. The van der Waals surface area contributed by atoms with E-state index in [0.717, 1.165) is 41.2 Å². The first kappa shape index (κ1) is 19.5. The van der Waals surface area contributed by atoms with Gasteiger partial charge in [-0.15, -0.1) is 0 Å². The number of amides is 1. The molecule has 0 aromatic heterocycles. The number of hydrogen-bond acceptors (Lipinski definition) is 4. The minimum atomic E-state index is -0.197. The van der Waals surface area contributed by atoms with Crippen molar-refractivity contribution < 1.29 is 9.53 Å². The van der Waals surface area contributed by atoms with Gasteiger partial charge in [0.05, 0.1) is 7.11 Å². The van der Waals surface area contributed by atoms with Crippen molar-refractivity contribution >= 4 is 17.7 Å². The highest BCUT2D eigenvalue weighted by Crippen LogP contribution is 2.21. The zero-order valence-corrected chi connectivity index (χ0v) is 16.6. The van der Waals surface area contributed by atoms with Crippen LogP contribution in [-0.2, 0) is 4.79 Å². The summed E-state index contributed by atoms with van der Waals surface area (Å²) in [6.45, 7) is 6.68. The molecular weight excluding hydrogens is 350 g/mol. The lowest BCUT2D eigenvalue weighted by molar-refractivity contribution is -0.126. The van der Waals surface area contributed by atoms with Crippen LogP contribution < -0.4 is 9.64 Å². The zero-order valence-electron chi connectivity index (χ0n) is 16.6. The molecule has 1 heterocycles. The number of nitrogens with zero attached hydrogens (tertiary/aromatic N) is 3. The van der Waals surface area contributed by atoms with Crippen molar-refractivity contribution in [2.24, 2.45) is 0 Å². The second-order valence-corrected chi connectivity index (χ2v) is 7.01. The fourth-order valence-electron chi connectivity index (χ4n) is 3.42. The standard InChI is InChI=1S/C23H25N3O2/c1-17-4-5-19(18(2)14-17)15-20(16-24)23(27)26-12-10-25(11-13-26)21-6-8-22(28-3)9-7-21/h4-9,14-15H,10-13H2,1-3H3/b20-15+. The maximum atomic E-state index is 12.8. The number of carbonyl (C=O) groups is 1. The van der Waals surface area contributed by atoms with Crippen molar-refractivity contribution in [3.63, 3.8) is 0 Å². The molecular formula is C23H25N3O2. The van der Waals surface area contributed by atoms with Crippen molar-refractivity contribution in [1.29, 1.82) is 5.26 Å². The molecule has 5 nitrogen and oxygen atoms in total. The molecule has 0 bridgehead atoms.